The molecular weight excluding hydrogens is 250 g/mol. The fourth-order valence-electron chi connectivity index (χ4n) is 2.81. The van der Waals surface area contributed by atoms with Crippen molar-refractivity contribution in [2.75, 3.05) is 13.1 Å². The van der Waals surface area contributed by atoms with E-state index in [-0.39, 0.29) is 5.97 Å². The molecule has 110 valence electrons. The molecular formula is C17H25NO2. The van der Waals surface area contributed by atoms with Crippen LogP contribution in [0.3, 0.4) is 0 Å². The molecule has 0 aliphatic carbocycles. The highest BCUT2D eigenvalue weighted by Crippen LogP contribution is 2.35. The standard InChI is InChI=1S/C17H25NO2/c1-2-3-5-10-16(19)20-17(11-13-18-14-12-17)15-8-6-4-7-9-15/h4,6-9,18H,2-3,5,10-14H2,1H3. The minimum absolute atomic E-state index is 0.0517. The van der Waals surface area contributed by atoms with Gasteiger partial charge in [0.05, 0.1) is 0 Å². The van der Waals surface area contributed by atoms with E-state index in [1.165, 1.54) is 0 Å². The van der Waals surface area contributed by atoms with Crippen molar-refractivity contribution in [3.63, 3.8) is 0 Å². The van der Waals surface area contributed by atoms with Gasteiger partial charge in [-0.05, 0) is 25.1 Å². The summed E-state index contributed by atoms with van der Waals surface area (Å²) in [6.45, 7) is 3.94. The highest BCUT2D eigenvalue weighted by molar-refractivity contribution is 5.70. The summed E-state index contributed by atoms with van der Waals surface area (Å²) >= 11 is 0. The fourth-order valence-corrected chi connectivity index (χ4v) is 2.81. The van der Waals surface area contributed by atoms with E-state index in [2.05, 4.69) is 24.4 Å². The lowest BCUT2D eigenvalue weighted by Crippen LogP contribution is -2.43. The maximum Gasteiger partial charge on any atom is 0.306 e. The van der Waals surface area contributed by atoms with Gasteiger partial charge in [0, 0.05) is 19.3 Å². The monoisotopic (exact) mass is 275 g/mol. The lowest BCUT2D eigenvalue weighted by atomic mass is 9.84. The number of piperidine rings is 1. The third kappa shape index (κ3) is 3.83. The molecule has 20 heavy (non-hydrogen) atoms. The quantitative estimate of drug-likeness (QED) is 0.639. The molecule has 1 heterocycles. The molecule has 0 amide bonds. The number of benzene rings is 1. The van der Waals surface area contributed by atoms with Gasteiger partial charge in [-0.25, -0.2) is 0 Å². The Morgan fingerprint density at radius 1 is 1.20 bits per heavy atom. The Balaban J connectivity index is 2.06. The van der Waals surface area contributed by atoms with Crippen molar-refractivity contribution in [3.05, 3.63) is 35.9 Å². The zero-order chi connectivity index (χ0) is 14.3. The van der Waals surface area contributed by atoms with E-state index < -0.39 is 5.60 Å². The molecule has 1 aliphatic heterocycles. The predicted molar refractivity (Wildman–Crippen MR) is 80.5 cm³/mol. The highest BCUT2D eigenvalue weighted by Gasteiger charge is 2.37. The summed E-state index contributed by atoms with van der Waals surface area (Å²) in [5.74, 6) is -0.0517. The van der Waals surface area contributed by atoms with E-state index in [1.54, 1.807) is 0 Å². The van der Waals surface area contributed by atoms with E-state index >= 15 is 0 Å². The second kappa shape index (κ2) is 7.44. The molecule has 0 unspecified atom stereocenters. The molecule has 0 saturated carbocycles. The van der Waals surface area contributed by atoms with Crippen LogP contribution in [0.1, 0.15) is 51.0 Å². The number of nitrogens with one attached hydrogen (secondary N) is 1. The first-order valence-corrected chi connectivity index (χ1v) is 7.75. The van der Waals surface area contributed by atoms with Crippen LogP contribution in [0.5, 0.6) is 0 Å². The minimum Gasteiger partial charge on any atom is -0.454 e. The van der Waals surface area contributed by atoms with Crippen molar-refractivity contribution >= 4 is 5.97 Å². The van der Waals surface area contributed by atoms with Gasteiger partial charge in [-0.1, -0.05) is 50.1 Å². The molecule has 1 aromatic carbocycles. The van der Waals surface area contributed by atoms with Crippen LogP contribution >= 0.6 is 0 Å². The van der Waals surface area contributed by atoms with Crippen LogP contribution in [-0.4, -0.2) is 19.1 Å². The summed E-state index contributed by atoms with van der Waals surface area (Å²) in [6, 6.07) is 10.2. The van der Waals surface area contributed by atoms with Crippen LogP contribution < -0.4 is 5.32 Å². The predicted octanol–water partition coefficient (Wildman–Crippen LogP) is 3.39. The third-order valence-electron chi connectivity index (χ3n) is 4.00. The largest absolute Gasteiger partial charge is 0.454 e. The SMILES string of the molecule is CCCCCC(=O)OC1(c2ccccc2)CCNCC1. The average Bonchev–Trinajstić information content (AvgIpc) is 2.49. The first-order valence-electron chi connectivity index (χ1n) is 7.75. The average molecular weight is 275 g/mol. The first-order chi connectivity index (χ1) is 9.77. The van der Waals surface area contributed by atoms with Crippen LogP contribution in [0, 0.1) is 0 Å². The van der Waals surface area contributed by atoms with E-state index in [0.717, 1.165) is 50.8 Å². The molecule has 1 aromatic rings. The van der Waals surface area contributed by atoms with Crippen LogP contribution in [0.15, 0.2) is 30.3 Å². The van der Waals surface area contributed by atoms with Gasteiger partial charge in [-0.15, -0.1) is 0 Å². The first kappa shape index (κ1) is 15.0. The summed E-state index contributed by atoms with van der Waals surface area (Å²) in [4.78, 5) is 12.1. The second-order valence-corrected chi connectivity index (χ2v) is 5.54. The van der Waals surface area contributed by atoms with Crippen molar-refractivity contribution in [1.29, 1.82) is 0 Å². The Morgan fingerprint density at radius 2 is 1.90 bits per heavy atom. The van der Waals surface area contributed by atoms with Gasteiger partial charge in [-0.2, -0.15) is 0 Å². The summed E-state index contributed by atoms with van der Waals surface area (Å²) in [6.07, 6.45) is 5.40. The zero-order valence-electron chi connectivity index (χ0n) is 12.4. The zero-order valence-corrected chi connectivity index (χ0v) is 12.4. The van der Waals surface area contributed by atoms with Gasteiger partial charge in [0.15, 0.2) is 0 Å². The van der Waals surface area contributed by atoms with Crippen LogP contribution in [0.4, 0.5) is 0 Å². The van der Waals surface area contributed by atoms with Gasteiger partial charge in [0.2, 0.25) is 0 Å². The Kier molecular flexibility index (Phi) is 5.60. The molecule has 0 atom stereocenters. The summed E-state index contributed by atoms with van der Waals surface area (Å²) in [5.41, 5.74) is 0.709. The van der Waals surface area contributed by atoms with Crippen LogP contribution in [0.25, 0.3) is 0 Å². The van der Waals surface area contributed by atoms with Crippen molar-refractivity contribution in [3.8, 4) is 0 Å². The molecule has 2 rings (SSSR count). The highest BCUT2D eigenvalue weighted by atomic mass is 16.6. The minimum atomic E-state index is -0.421. The van der Waals surface area contributed by atoms with Gasteiger partial charge in [-0.3, -0.25) is 4.79 Å². The number of hydrogen-bond acceptors (Lipinski definition) is 3. The molecule has 0 spiro atoms. The topological polar surface area (TPSA) is 38.3 Å². The summed E-state index contributed by atoms with van der Waals surface area (Å²) < 4.78 is 5.93. The van der Waals surface area contributed by atoms with Crippen molar-refractivity contribution in [1.82, 2.24) is 5.32 Å². The number of unbranched alkanes of at least 4 members (excludes halogenated alkanes) is 2. The second-order valence-electron chi connectivity index (χ2n) is 5.54. The Morgan fingerprint density at radius 3 is 2.55 bits per heavy atom. The molecule has 0 radical (unpaired) electrons. The Hall–Kier alpha value is -1.35. The molecule has 1 aliphatic rings. The summed E-state index contributed by atoms with van der Waals surface area (Å²) in [5, 5.41) is 3.34. The van der Waals surface area contributed by atoms with Crippen molar-refractivity contribution in [2.24, 2.45) is 0 Å². The van der Waals surface area contributed by atoms with Crippen molar-refractivity contribution in [2.45, 2.75) is 51.0 Å². The Bertz CT molecular complexity index is 410. The van der Waals surface area contributed by atoms with E-state index in [4.69, 9.17) is 4.74 Å². The molecule has 3 nitrogen and oxygen atoms in total. The van der Waals surface area contributed by atoms with Crippen LogP contribution in [0.2, 0.25) is 0 Å². The van der Waals surface area contributed by atoms with E-state index in [1.807, 2.05) is 18.2 Å². The van der Waals surface area contributed by atoms with E-state index in [0.29, 0.717) is 6.42 Å². The normalized spacial score (nSPS) is 17.6. The fraction of sp³-hybridized carbons (Fsp3) is 0.588. The Labute approximate surface area is 121 Å². The molecule has 1 N–H and O–H groups in total. The number of carbonyl (C=O) groups excluding carboxylic acids is 1. The molecule has 1 saturated heterocycles. The molecule has 0 aromatic heterocycles. The van der Waals surface area contributed by atoms with Gasteiger partial charge < -0.3 is 10.1 Å². The van der Waals surface area contributed by atoms with Crippen molar-refractivity contribution < 1.29 is 9.53 Å². The van der Waals surface area contributed by atoms with Crippen LogP contribution in [-0.2, 0) is 15.1 Å². The maximum atomic E-state index is 12.1. The third-order valence-corrected chi connectivity index (χ3v) is 4.00. The smallest absolute Gasteiger partial charge is 0.306 e. The number of esters is 1. The van der Waals surface area contributed by atoms with Gasteiger partial charge in [0.1, 0.15) is 5.60 Å². The number of rotatable bonds is 6. The van der Waals surface area contributed by atoms with E-state index in [9.17, 15) is 4.79 Å². The lowest BCUT2D eigenvalue weighted by Gasteiger charge is -2.37. The molecule has 3 heteroatoms. The van der Waals surface area contributed by atoms with Gasteiger partial charge >= 0.3 is 5.97 Å². The summed E-state index contributed by atoms with van der Waals surface area (Å²) in [7, 11) is 0. The maximum absolute atomic E-state index is 12.1. The van der Waals surface area contributed by atoms with Gasteiger partial charge in [0.25, 0.3) is 0 Å². The molecule has 1 fully saturated rings. The number of carbonyl (C=O) groups is 1. The number of hydrogen-bond donors (Lipinski definition) is 1. The lowest BCUT2D eigenvalue weighted by molar-refractivity contribution is -0.164. The number of ether oxygens (including phenoxy) is 1. The molecule has 0 bridgehead atoms.